The van der Waals surface area contributed by atoms with Crippen LogP contribution >= 0.6 is 0 Å². The Labute approximate surface area is 915 Å². The summed E-state index contributed by atoms with van der Waals surface area (Å²) in [7, 11) is 0. The molecule has 744 valence electrons. The second kappa shape index (κ2) is 43.2. The van der Waals surface area contributed by atoms with Crippen LogP contribution in [0.15, 0.2) is 382 Å². The van der Waals surface area contributed by atoms with E-state index in [2.05, 4.69) is 256 Å². The molecule has 16 aromatic carbocycles. The molecule has 0 unspecified atom stereocenters. The fraction of sp³-hybridized carbons (Fsp3) is 0.125. The number of pyridine rings is 4. The Morgan fingerprint density at radius 2 is 0.500 bits per heavy atom. The molecule has 0 spiro atoms. The van der Waals surface area contributed by atoms with Gasteiger partial charge in [0.15, 0.2) is 0 Å². The average Bonchev–Trinajstić information content (AvgIpc) is 1.52. The predicted molar refractivity (Wildman–Crippen MR) is 579 cm³/mol. The van der Waals surface area contributed by atoms with E-state index >= 15 is 0 Å². The van der Waals surface area contributed by atoms with Crippen LogP contribution in [-0.4, -0.2) is 60.3 Å². The average molecular weight is 2660 g/mol. The molecule has 8 heterocycles. The molecule has 0 aliphatic heterocycles. The number of hydrogen-bond acceptors (Lipinski definition) is 16. The van der Waals surface area contributed by atoms with E-state index in [0.717, 1.165) is 166 Å². The topological polar surface area (TPSA) is 237 Å². The van der Waals surface area contributed by atoms with Gasteiger partial charge >= 0.3 is 0 Å². The Morgan fingerprint density at radius 1 is 0.209 bits per heavy atom. The molecular formula is C128H100N8O8Pt4-4. The maximum atomic E-state index is 10.5. The van der Waals surface area contributed by atoms with Gasteiger partial charge in [-0.2, -0.15) is 0 Å². The summed E-state index contributed by atoms with van der Waals surface area (Å²) < 4.78 is 24.6. The van der Waals surface area contributed by atoms with E-state index in [1.165, 1.54) is 11.1 Å². The molecule has 20 heteroatoms. The predicted octanol–water partition coefficient (Wildman–Crippen LogP) is 32.7. The molecule has 16 nitrogen and oxygen atoms in total. The first-order valence-electron chi connectivity index (χ1n) is 47.9. The standard InChI is InChI=1S/C36H33N2O2.2C32H25N2O2.C28H17N2O2.4Pt/c1-35(2,3)24-15-16-37-30(20-24)29-18-23(17-22-11-7-8-12-26(22)29)28-19-25(36(4,5)6)21-32-33(28)38-34(40-32)27-13-9-10-14-31(27)39;1-32(2,3)22-18-26(30-29(19-22)36-31(34-30)24-12-6-7-14-28(24)35)25-17-21(27-13-8-9-15-33-27)16-20-10-4-5-11-23(20)25;1-32(2,3)22-15-16-33-27(19-22)21-17-20-9-4-5-10-23(20)26(18-21)24-12-8-14-29-30(24)34-31(36-29)25-11-6-7-13-28(25)35;31-25-13-4-3-10-22(25)28-30-27-21(11-7-14-26(27)32-28)19-16-18-8-1-2-9-20(18)23(17-19)24-12-5-6-15-29-24;;;;/h7-17,19-21,39H,1-6H3;4-16,18-19,35H,1-3H3;4-17,19,35H,1-3H3;1-16,31H;;;;/q4*-1;;;;. The molecule has 0 amide bonds. The van der Waals surface area contributed by atoms with Gasteiger partial charge in [-0.25, -0.2) is 19.9 Å². The van der Waals surface area contributed by atoms with Gasteiger partial charge in [0, 0.05) is 132 Å². The number of rotatable bonds is 12. The summed E-state index contributed by atoms with van der Waals surface area (Å²) in [4.78, 5) is 38.0. The van der Waals surface area contributed by atoms with E-state index in [4.69, 9.17) is 42.6 Å². The fourth-order valence-electron chi connectivity index (χ4n) is 18.2. The zero-order valence-electron chi connectivity index (χ0n) is 82.9. The molecule has 24 rings (SSSR count). The molecule has 0 saturated carbocycles. The van der Waals surface area contributed by atoms with Crippen molar-refractivity contribution in [1.29, 1.82) is 0 Å². The molecular weight excluding hydrogens is 2560 g/mol. The van der Waals surface area contributed by atoms with Gasteiger partial charge in [-0.1, -0.05) is 389 Å². The van der Waals surface area contributed by atoms with E-state index in [-0.39, 0.29) is 129 Å². The van der Waals surface area contributed by atoms with Gasteiger partial charge in [-0.15, -0.1) is 70.8 Å². The van der Waals surface area contributed by atoms with E-state index in [1.807, 2.05) is 158 Å². The normalized spacial score (nSPS) is 11.5. The van der Waals surface area contributed by atoms with Gasteiger partial charge in [0.25, 0.3) is 0 Å². The van der Waals surface area contributed by atoms with E-state index in [0.29, 0.717) is 68.1 Å². The van der Waals surface area contributed by atoms with Crippen LogP contribution in [0.2, 0.25) is 0 Å². The molecule has 4 N–H and O–H groups in total. The number of para-hydroxylation sites is 6. The van der Waals surface area contributed by atoms with Crippen molar-refractivity contribution in [1.82, 2.24) is 39.9 Å². The number of oxazole rings is 4. The van der Waals surface area contributed by atoms with Crippen LogP contribution in [0.25, 0.3) is 223 Å². The zero-order valence-corrected chi connectivity index (χ0v) is 92.0. The Kier molecular flexibility index (Phi) is 30.5. The van der Waals surface area contributed by atoms with Crippen molar-refractivity contribution in [3.05, 3.63) is 411 Å². The summed E-state index contributed by atoms with van der Waals surface area (Å²) in [5.74, 6) is 2.09. The van der Waals surface area contributed by atoms with Gasteiger partial charge in [0.1, 0.15) is 45.3 Å². The van der Waals surface area contributed by atoms with Crippen LogP contribution in [0.4, 0.5) is 0 Å². The van der Waals surface area contributed by atoms with Crippen molar-refractivity contribution in [3.63, 3.8) is 0 Å². The van der Waals surface area contributed by atoms with Crippen molar-refractivity contribution >= 4 is 87.5 Å². The molecule has 0 aliphatic carbocycles. The van der Waals surface area contributed by atoms with Crippen molar-refractivity contribution < 1.29 is 122 Å². The van der Waals surface area contributed by atoms with Crippen molar-refractivity contribution in [2.24, 2.45) is 0 Å². The zero-order chi connectivity index (χ0) is 99.5. The van der Waals surface area contributed by atoms with Gasteiger partial charge in [-0.3, -0.25) is 19.9 Å². The third-order valence-electron chi connectivity index (χ3n) is 26.0. The summed E-state index contributed by atoms with van der Waals surface area (Å²) in [5, 5.41) is 50.3. The number of fused-ring (bicyclic) bond motifs is 8. The number of aromatic nitrogens is 8. The van der Waals surface area contributed by atoms with Crippen molar-refractivity contribution in [3.8, 4) is 158 Å². The van der Waals surface area contributed by atoms with Crippen molar-refractivity contribution in [2.75, 3.05) is 0 Å². The number of phenolic OH excluding ortho intramolecular Hbond substituents is 4. The SMILES string of the molecule is CC(C)(C)c1cc(-c2[c-]c(-c3ccccn3)cc3ccccc23)c2nc(-c3ccccc3O)oc2c1.CC(C)(C)c1ccnc(-c2[c-]c(-c3cc(C(C)(C)C)cc4oc(-c5ccccc5O)nc34)cc3ccccc23)c1.CC(C)(C)c1ccnc(-c2[c-]c(-c3cccc4oc(-c5ccccc5O)nc34)c3ccccc3c2)c1.Oc1ccccc1-c1nc2c(-c3[c-]c(-c4ccccn4)c4ccccc4c3)cccc2o1.[Pt].[Pt].[Pt].[Pt]. The Bertz CT molecular complexity index is 9040. The molecule has 0 fully saturated rings. The molecule has 24 aromatic rings. The second-order valence-corrected chi connectivity index (χ2v) is 40.1. The second-order valence-electron chi connectivity index (χ2n) is 40.1. The quantitative estimate of drug-likeness (QED) is 0.0832. The smallest absolute Gasteiger partial charge is 0.230 e. The molecule has 8 aromatic heterocycles. The maximum absolute atomic E-state index is 10.5. The molecule has 0 saturated heterocycles. The summed E-state index contributed by atoms with van der Waals surface area (Å²) in [6, 6.07) is 125. The number of benzene rings is 16. The summed E-state index contributed by atoms with van der Waals surface area (Å²) in [6.45, 7) is 26.4. The third kappa shape index (κ3) is 21.5. The van der Waals surface area contributed by atoms with Crippen LogP contribution in [0.5, 0.6) is 23.0 Å². The first-order chi connectivity index (χ1) is 69.5. The van der Waals surface area contributed by atoms with E-state index in [9.17, 15) is 20.4 Å². The Balaban J connectivity index is 0.000000134. The molecule has 0 aliphatic rings. The molecule has 0 radical (unpaired) electrons. The number of nitrogens with zero attached hydrogens (tertiary/aromatic N) is 8. The first-order valence-corrected chi connectivity index (χ1v) is 47.9. The Hall–Kier alpha value is -15.0. The third-order valence-corrected chi connectivity index (χ3v) is 26.0. The molecule has 0 bridgehead atoms. The molecule has 148 heavy (non-hydrogen) atoms. The molecule has 0 atom stereocenters. The minimum absolute atomic E-state index is 0. The summed E-state index contributed by atoms with van der Waals surface area (Å²) in [5.41, 5.74) is 27.0. The van der Waals surface area contributed by atoms with Gasteiger partial charge in [0.05, 0.1) is 44.3 Å². The van der Waals surface area contributed by atoms with Crippen LogP contribution in [0, 0.1) is 24.3 Å². The van der Waals surface area contributed by atoms with Gasteiger partial charge in [-0.05, 0) is 141 Å². The van der Waals surface area contributed by atoms with Crippen LogP contribution in [0.3, 0.4) is 0 Å². The van der Waals surface area contributed by atoms with Gasteiger partial charge in [0.2, 0.25) is 23.6 Å². The number of phenols is 4. The fourth-order valence-corrected chi connectivity index (χ4v) is 18.2. The number of hydrogen-bond donors (Lipinski definition) is 4. The van der Waals surface area contributed by atoms with Crippen LogP contribution in [-0.2, 0) is 106 Å². The van der Waals surface area contributed by atoms with Gasteiger partial charge < -0.3 is 38.1 Å². The summed E-state index contributed by atoms with van der Waals surface area (Å²) in [6.07, 6.45) is 7.35. The number of aromatic hydroxyl groups is 4. The maximum Gasteiger partial charge on any atom is 0.230 e. The van der Waals surface area contributed by atoms with Crippen LogP contribution in [0.1, 0.15) is 105 Å². The first kappa shape index (κ1) is 104. The van der Waals surface area contributed by atoms with Crippen molar-refractivity contribution in [2.45, 2.75) is 105 Å². The van der Waals surface area contributed by atoms with E-state index in [1.54, 1.807) is 73.1 Å². The Morgan fingerprint density at radius 3 is 0.912 bits per heavy atom. The largest absolute Gasteiger partial charge is 0.507 e. The summed E-state index contributed by atoms with van der Waals surface area (Å²) >= 11 is 0. The van der Waals surface area contributed by atoms with Crippen LogP contribution < -0.4 is 0 Å². The monoisotopic (exact) mass is 2660 g/mol. The van der Waals surface area contributed by atoms with E-state index < -0.39 is 0 Å². The minimum Gasteiger partial charge on any atom is -0.507 e. The minimum atomic E-state index is -0.118.